The Labute approximate surface area is 163 Å². The predicted molar refractivity (Wildman–Crippen MR) is 118 cm³/mol. The zero-order chi connectivity index (χ0) is 19.1. The van der Waals surface area contributed by atoms with Crippen molar-refractivity contribution < 1.29 is 5.02 Å². The van der Waals surface area contributed by atoms with Crippen molar-refractivity contribution in [2.45, 2.75) is 0 Å². The molecule has 0 radical (unpaired) electrons. The fourth-order valence-corrected chi connectivity index (χ4v) is 3.89. The number of para-hydroxylation sites is 1. The van der Waals surface area contributed by atoms with Crippen LogP contribution in [0.25, 0.3) is 38.6 Å². The summed E-state index contributed by atoms with van der Waals surface area (Å²) in [5, 5.41) is 12.1. The summed E-state index contributed by atoms with van der Waals surface area (Å²) in [5.41, 5.74) is 12.1. The molecule has 4 heteroatoms. The maximum absolute atomic E-state index is 9.88. The molecule has 5 rings (SSSR count). The molecule has 0 saturated carbocycles. The molecule has 28 heavy (non-hydrogen) atoms. The van der Waals surface area contributed by atoms with E-state index in [-0.39, 0.29) is 0 Å². The largest absolute Gasteiger partial charge is 0.434 e. The van der Waals surface area contributed by atoms with Crippen molar-refractivity contribution in [3.63, 3.8) is 0 Å². The van der Waals surface area contributed by atoms with Crippen LogP contribution in [0.15, 0.2) is 97.1 Å². The average Bonchev–Trinajstić information content (AvgIpc) is 3.08. The van der Waals surface area contributed by atoms with E-state index in [0.717, 1.165) is 27.5 Å². The SMILES string of the molecule is NB(O)c1ccc2c(c1)c1cc(-c3ccccc3)ccc1n2-c1ccccc1. The predicted octanol–water partition coefficient (Wildman–Crippen LogP) is 4.10. The Kier molecular flexibility index (Phi) is 4.01. The minimum Gasteiger partial charge on any atom is -0.434 e. The second kappa shape index (κ2) is 6.68. The maximum atomic E-state index is 9.88. The zero-order valence-electron chi connectivity index (χ0n) is 15.3. The van der Waals surface area contributed by atoms with Crippen LogP contribution in [-0.4, -0.2) is 16.6 Å². The van der Waals surface area contributed by atoms with E-state index in [2.05, 4.69) is 59.2 Å². The molecule has 5 aromatic rings. The summed E-state index contributed by atoms with van der Waals surface area (Å²) in [6.07, 6.45) is 0. The van der Waals surface area contributed by atoms with Crippen molar-refractivity contribution in [1.29, 1.82) is 0 Å². The smallest absolute Gasteiger partial charge is 0.410 e. The van der Waals surface area contributed by atoms with Gasteiger partial charge in [-0.25, -0.2) is 0 Å². The van der Waals surface area contributed by atoms with Crippen molar-refractivity contribution in [3.05, 3.63) is 97.1 Å². The van der Waals surface area contributed by atoms with Crippen molar-refractivity contribution in [2.75, 3.05) is 0 Å². The van der Waals surface area contributed by atoms with Gasteiger partial charge in [0.1, 0.15) is 0 Å². The second-order valence-electron chi connectivity index (χ2n) is 6.99. The highest BCUT2D eigenvalue weighted by atomic mass is 16.2. The van der Waals surface area contributed by atoms with Crippen molar-refractivity contribution in [3.8, 4) is 16.8 Å². The van der Waals surface area contributed by atoms with E-state index >= 15 is 0 Å². The van der Waals surface area contributed by atoms with Crippen molar-refractivity contribution in [1.82, 2.24) is 4.57 Å². The summed E-state index contributed by atoms with van der Waals surface area (Å²) < 4.78 is 2.26. The van der Waals surface area contributed by atoms with Gasteiger partial charge in [-0.1, -0.05) is 66.7 Å². The van der Waals surface area contributed by atoms with Gasteiger partial charge in [-0.2, -0.15) is 0 Å². The fraction of sp³-hybridized carbons (Fsp3) is 0. The molecule has 0 atom stereocenters. The summed E-state index contributed by atoms with van der Waals surface area (Å²) in [6.45, 7) is 0. The number of nitrogens with zero attached hydrogens (tertiary/aromatic N) is 1. The molecule has 134 valence electrons. The van der Waals surface area contributed by atoms with Gasteiger partial charge in [-0.3, -0.25) is 0 Å². The highest BCUT2D eigenvalue weighted by molar-refractivity contribution is 6.63. The van der Waals surface area contributed by atoms with Gasteiger partial charge < -0.3 is 15.2 Å². The van der Waals surface area contributed by atoms with E-state index in [1.54, 1.807) is 0 Å². The Balaban J connectivity index is 1.86. The normalized spacial score (nSPS) is 11.2. The van der Waals surface area contributed by atoms with Gasteiger partial charge in [-0.15, -0.1) is 0 Å². The first-order valence-corrected chi connectivity index (χ1v) is 9.35. The highest BCUT2D eigenvalue weighted by Crippen LogP contribution is 2.34. The van der Waals surface area contributed by atoms with Gasteiger partial charge in [0, 0.05) is 16.5 Å². The molecule has 0 unspecified atom stereocenters. The topological polar surface area (TPSA) is 51.2 Å². The first-order chi connectivity index (χ1) is 13.7. The number of benzene rings is 4. The summed E-state index contributed by atoms with van der Waals surface area (Å²) in [7, 11) is -0.989. The van der Waals surface area contributed by atoms with Crippen LogP contribution in [0, 0.1) is 0 Å². The Hall–Kier alpha value is -3.34. The number of hydrogen-bond acceptors (Lipinski definition) is 2. The van der Waals surface area contributed by atoms with Crippen LogP contribution in [-0.2, 0) is 0 Å². The van der Waals surface area contributed by atoms with Crippen LogP contribution in [0.3, 0.4) is 0 Å². The van der Waals surface area contributed by atoms with Gasteiger partial charge in [0.15, 0.2) is 0 Å². The first kappa shape index (κ1) is 16.8. The lowest BCUT2D eigenvalue weighted by Gasteiger charge is -2.08. The third kappa shape index (κ3) is 2.71. The summed E-state index contributed by atoms with van der Waals surface area (Å²) >= 11 is 0. The van der Waals surface area contributed by atoms with Gasteiger partial charge in [0.25, 0.3) is 0 Å². The lowest BCUT2D eigenvalue weighted by Crippen LogP contribution is -2.39. The Morgan fingerprint density at radius 2 is 1.25 bits per heavy atom. The van der Waals surface area contributed by atoms with Gasteiger partial charge >= 0.3 is 7.05 Å². The van der Waals surface area contributed by atoms with Crippen molar-refractivity contribution >= 4 is 34.3 Å². The third-order valence-electron chi connectivity index (χ3n) is 5.25. The number of rotatable bonds is 3. The van der Waals surface area contributed by atoms with Crippen LogP contribution >= 0.6 is 0 Å². The lowest BCUT2D eigenvalue weighted by molar-refractivity contribution is 0.588. The van der Waals surface area contributed by atoms with E-state index in [4.69, 9.17) is 5.64 Å². The minimum absolute atomic E-state index is 0.713. The monoisotopic (exact) mass is 362 g/mol. The molecule has 1 aromatic heterocycles. The maximum Gasteiger partial charge on any atom is 0.410 e. The molecule has 0 spiro atoms. The molecular formula is C24H19BN2O. The molecule has 0 bridgehead atoms. The average molecular weight is 362 g/mol. The molecule has 0 amide bonds. The van der Waals surface area contributed by atoms with E-state index in [1.165, 1.54) is 11.1 Å². The summed E-state index contributed by atoms with van der Waals surface area (Å²) in [5.74, 6) is 0. The van der Waals surface area contributed by atoms with Crippen molar-refractivity contribution in [2.24, 2.45) is 5.64 Å². The van der Waals surface area contributed by atoms with Crippen LogP contribution in [0.1, 0.15) is 0 Å². The molecule has 1 heterocycles. The van der Waals surface area contributed by atoms with E-state index in [1.807, 2.05) is 42.5 Å². The molecule has 3 N–H and O–H groups in total. The molecule has 3 nitrogen and oxygen atoms in total. The van der Waals surface area contributed by atoms with E-state index in [9.17, 15) is 5.02 Å². The number of fused-ring (bicyclic) bond motifs is 3. The molecule has 0 aliphatic carbocycles. The van der Waals surface area contributed by atoms with Crippen LogP contribution in [0.4, 0.5) is 0 Å². The lowest BCUT2D eigenvalue weighted by atomic mass is 9.75. The molecule has 0 saturated heterocycles. The first-order valence-electron chi connectivity index (χ1n) is 9.35. The summed E-state index contributed by atoms with van der Waals surface area (Å²) in [4.78, 5) is 0. The molecule has 4 aromatic carbocycles. The summed E-state index contributed by atoms with van der Waals surface area (Å²) in [6, 6.07) is 33.2. The zero-order valence-corrected chi connectivity index (χ0v) is 15.3. The molecule has 0 aliphatic rings. The quantitative estimate of drug-likeness (QED) is 0.475. The number of hydrogen-bond donors (Lipinski definition) is 2. The van der Waals surface area contributed by atoms with E-state index in [0.29, 0.717) is 5.46 Å². The van der Waals surface area contributed by atoms with E-state index < -0.39 is 7.05 Å². The standard InChI is InChI=1S/C24H19BN2O/c26-25(28)19-12-14-24-22(16-19)21-15-18(17-7-3-1-4-8-17)11-13-23(21)27(24)20-9-5-2-6-10-20/h1-16,28H,26H2. The molecule has 0 fully saturated rings. The number of aromatic nitrogens is 1. The Bertz CT molecular complexity index is 1280. The van der Waals surface area contributed by atoms with Gasteiger partial charge in [0.2, 0.25) is 0 Å². The number of nitrogens with two attached hydrogens (primary N) is 1. The third-order valence-corrected chi connectivity index (χ3v) is 5.25. The van der Waals surface area contributed by atoms with Gasteiger partial charge in [-0.05, 0) is 46.9 Å². The fourth-order valence-electron chi connectivity index (χ4n) is 3.89. The van der Waals surface area contributed by atoms with Crippen LogP contribution in [0.2, 0.25) is 0 Å². The second-order valence-corrected chi connectivity index (χ2v) is 6.99. The molecular weight excluding hydrogens is 343 g/mol. The highest BCUT2D eigenvalue weighted by Gasteiger charge is 2.16. The van der Waals surface area contributed by atoms with Crippen LogP contribution in [0.5, 0.6) is 0 Å². The minimum atomic E-state index is -0.989. The molecule has 0 aliphatic heterocycles. The van der Waals surface area contributed by atoms with Gasteiger partial charge in [0.05, 0.1) is 11.0 Å². The Morgan fingerprint density at radius 3 is 1.93 bits per heavy atom. The Morgan fingerprint density at radius 1 is 0.643 bits per heavy atom. The van der Waals surface area contributed by atoms with Crippen LogP contribution < -0.4 is 11.1 Å².